The predicted molar refractivity (Wildman–Crippen MR) is 254 cm³/mol. The van der Waals surface area contributed by atoms with E-state index in [1.54, 1.807) is 64.1 Å². The lowest BCUT2D eigenvalue weighted by atomic mass is 9.87. The van der Waals surface area contributed by atoms with Gasteiger partial charge in [0.2, 0.25) is 0 Å². The lowest BCUT2D eigenvalue weighted by Crippen LogP contribution is -2.77. The Morgan fingerprint density at radius 3 is 1.61 bits per heavy atom. The van der Waals surface area contributed by atoms with Gasteiger partial charge in [0.05, 0.1) is 48.3 Å². The van der Waals surface area contributed by atoms with Gasteiger partial charge in [0.25, 0.3) is 11.8 Å². The number of nitrogens with one attached hydrogen (secondary N) is 1. The van der Waals surface area contributed by atoms with Gasteiger partial charge in [0, 0.05) is 36.6 Å². The molecule has 0 radical (unpaired) electrons. The topological polar surface area (TPSA) is 202 Å². The second-order valence-electron chi connectivity index (χ2n) is 17.6. The number of hydrogen-bond donors (Lipinski definition) is 2. The fourth-order valence-corrected chi connectivity index (χ4v) is 8.57. The Hall–Kier alpha value is -5.83. The molecule has 4 N–H and O–H groups in total. The number of anilines is 2. The minimum absolute atomic E-state index is 0.0464. The molecule has 0 aromatic heterocycles. The van der Waals surface area contributed by atoms with E-state index in [1.807, 2.05) is 19.1 Å². The highest BCUT2D eigenvalue weighted by Crippen LogP contribution is 2.47. The number of nitriles is 2. The maximum Gasteiger partial charge on any atom is 0.471 e. The molecule has 70 heavy (non-hydrogen) atoms. The van der Waals surface area contributed by atoms with Crippen LogP contribution in [0.4, 0.5) is 33.3 Å². The van der Waals surface area contributed by atoms with Crippen molar-refractivity contribution in [2.24, 2.45) is 5.41 Å². The maximum absolute atomic E-state index is 14.1. The van der Waals surface area contributed by atoms with Crippen LogP contribution < -0.4 is 16.0 Å². The number of amides is 3. The average Bonchev–Trinajstić information content (AvgIpc) is 3.50. The van der Waals surface area contributed by atoms with Crippen LogP contribution in [-0.2, 0) is 37.3 Å². The normalized spacial score (nSPS) is 16.7. The number of benzene rings is 5. The van der Waals surface area contributed by atoms with Gasteiger partial charge in [0.1, 0.15) is 21.8 Å². The molecule has 22 heteroatoms. The standard InChI is InChI=1S/C24H21Cl2F4N3O2.C17H14Cl2FN3O.C7H8O3S/c1-22(2,3)19-32(15-9-16(25)18(27)17(26)10-15)20(34)23(4,33(19)21(35)24(28,29)30)11-13-5-7-14(12-31)8-6-13;1-17(22,8-10-2-4-11(9-21)5-3-10)16(24)23-12-6-13(18)15(20)14(19)7-12;1-6-2-4-7(5-3-6)11(8,9)10/h5-10,19H,11H2,1-4H3;2-7H,8,22H2,1H3,(H,23,24);2-5H,1H3,(H,8,9,10)/t19-,23-;17-;/m11./s1. The molecule has 0 unspecified atom stereocenters. The fraction of sp³-hybridized carbons (Fsp3) is 0.271. The van der Waals surface area contributed by atoms with Crippen LogP contribution in [-0.4, -0.2) is 59.0 Å². The first-order valence-corrected chi connectivity index (χ1v) is 23.4. The van der Waals surface area contributed by atoms with Gasteiger partial charge < -0.3 is 15.6 Å². The molecule has 12 nitrogen and oxygen atoms in total. The summed E-state index contributed by atoms with van der Waals surface area (Å²) in [6.07, 6.45) is -6.59. The number of alkyl halides is 3. The van der Waals surface area contributed by atoms with Crippen LogP contribution in [0.2, 0.25) is 20.1 Å². The molecule has 3 atom stereocenters. The van der Waals surface area contributed by atoms with E-state index in [2.05, 4.69) is 11.1 Å². The second-order valence-corrected chi connectivity index (χ2v) is 20.6. The average molecular weight is 1070 g/mol. The molecule has 0 spiro atoms. The number of aryl methyl sites for hydroxylation is 1. The first-order valence-electron chi connectivity index (χ1n) is 20.5. The summed E-state index contributed by atoms with van der Waals surface area (Å²) >= 11 is 23.3. The van der Waals surface area contributed by atoms with E-state index < -0.39 is 72.4 Å². The monoisotopic (exact) mass is 1070 g/mol. The molecular weight excluding hydrogens is 1030 g/mol. The van der Waals surface area contributed by atoms with Crippen LogP contribution in [0.25, 0.3) is 0 Å². The highest BCUT2D eigenvalue weighted by molar-refractivity contribution is 7.85. The Morgan fingerprint density at radius 2 is 1.21 bits per heavy atom. The predicted octanol–water partition coefficient (Wildman–Crippen LogP) is 10.2. The van der Waals surface area contributed by atoms with Crippen LogP contribution in [0.3, 0.4) is 0 Å². The summed E-state index contributed by atoms with van der Waals surface area (Å²) in [5.41, 5.74) is 3.28. The Balaban J connectivity index is 0.000000261. The minimum atomic E-state index is -5.27. The van der Waals surface area contributed by atoms with E-state index in [0.29, 0.717) is 33.7 Å². The molecule has 5 aromatic rings. The summed E-state index contributed by atoms with van der Waals surface area (Å²) in [6, 6.07) is 27.4. The third kappa shape index (κ3) is 13.7. The molecular formula is C48H43Cl4F5N6O6S. The summed E-state index contributed by atoms with van der Waals surface area (Å²) in [5, 5.41) is 19.3. The lowest BCUT2D eigenvalue weighted by molar-refractivity contribution is -0.450. The molecule has 5 aromatic carbocycles. The number of hydrogen-bond acceptors (Lipinski definition) is 8. The Morgan fingerprint density at radius 1 is 0.786 bits per heavy atom. The van der Waals surface area contributed by atoms with Crippen molar-refractivity contribution >= 4 is 85.6 Å². The smallest absolute Gasteiger partial charge is 0.471 e. The van der Waals surface area contributed by atoms with Crippen molar-refractivity contribution in [3.8, 4) is 12.1 Å². The third-order valence-electron chi connectivity index (χ3n) is 10.6. The van der Waals surface area contributed by atoms with Crippen LogP contribution in [0.1, 0.15) is 62.4 Å². The van der Waals surface area contributed by atoms with Gasteiger partial charge >= 0.3 is 12.1 Å². The van der Waals surface area contributed by atoms with Gasteiger partial charge in [-0.3, -0.25) is 24.2 Å². The molecule has 1 fully saturated rings. The Labute approximate surface area is 421 Å². The molecule has 1 aliphatic rings. The van der Waals surface area contributed by atoms with Crippen molar-refractivity contribution in [1.29, 1.82) is 10.5 Å². The summed E-state index contributed by atoms with van der Waals surface area (Å²) in [7, 11) is -4.27. The summed E-state index contributed by atoms with van der Waals surface area (Å²) in [4.78, 5) is 40.5. The maximum atomic E-state index is 14.1. The zero-order valence-corrected chi connectivity index (χ0v) is 41.8. The molecule has 370 valence electrons. The van der Waals surface area contributed by atoms with E-state index in [4.69, 9.17) is 56.9 Å². The molecule has 3 amide bonds. The Bertz CT molecular complexity index is 2930. The number of halogens is 9. The first kappa shape index (κ1) is 56.8. The van der Waals surface area contributed by atoms with Crippen molar-refractivity contribution in [1.82, 2.24) is 4.90 Å². The lowest BCUT2D eigenvalue weighted by Gasteiger charge is -2.42. The summed E-state index contributed by atoms with van der Waals surface area (Å²) < 4.78 is 100. The van der Waals surface area contributed by atoms with Gasteiger partial charge in [0.15, 0.2) is 17.2 Å². The van der Waals surface area contributed by atoms with Crippen LogP contribution in [0.15, 0.2) is 102 Å². The van der Waals surface area contributed by atoms with E-state index in [9.17, 15) is 49.3 Å². The molecule has 1 saturated heterocycles. The number of carbonyl (C=O) groups excluding carboxylic acids is 3. The highest BCUT2D eigenvalue weighted by Gasteiger charge is 2.64. The van der Waals surface area contributed by atoms with Gasteiger partial charge in [-0.05, 0) is 85.6 Å². The van der Waals surface area contributed by atoms with Crippen LogP contribution >= 0.6 is 46.4 Å². The van der Waals surface area contributed by atoms with Gasteiger partial charge in [-0.2, -0.15) is 23.7 Å². The largest absolute Gasteiger partial charge is 0.744 e. The number of rotatable bonds is 8. The number of carbonyl (C=O) groups is 3. The van der Waals surface area contributed by atoms with E-state index in [1.165, 1.54) is 55.5 Å². The highest BCUT2D eigenvalue weighted by atomic mass is 35.5. The SMILES string of the molecule is CC(C)(C)[C@@H]1N(c2cc(Cl)c(F)c(Cl)c2)C(=O)[C@@](C)(Cc2ccc(C#N)cc2)N1C(=O)C(F)(F)F.C[C@@]([NH3+])(Cc1ccc(C#N)cc1)C(=O)Nc1cc(Cl)c(F)c(Cl)c1.Cc1ccc(S(=O)(=O)[O-])cc1. The molecule has 6 rings (SSSR count). The number of quaternary nitrogens is 1. The summed E-state index contributed by atoms with van der Waals surface area (Å²) in [6.45, 7) is 9.50. The van der Waals surface area contributed by atoms with Crippen LogP contribution in [0, 0.1) is 46.6 Å². The van der Waals surface area contributed by atoms with Crippen molar-refractivity contribution < 1.29 is 55.0 Å². The summed E-state index contributed by atoms with van der Waals surface area (Å²) in [5.74, 6) is -5.04. The van der Waals surface area contributed by atoms with Crippen molar-refractivity contribution in [2.45, 2.75) is 82.7 Å². The zero-order chi connectivity index (χ0) is 52.9. The number of nitrogens with zero attached hydrogens (tertiary/aromatic N) is 4. The van der Waals surface area contributed by atoms with E-state index in [0.717, 1.165) is 28.2 Å². The van der Waals surface area contributed by atoms with Gasteiger partial charge in [-0.15, -0.1) is 0 Å². The molecule has 0 aliphatic carbocycles. The van der Waals surface area contributed by atoms with E-state index >= 15 is 0 Å². The second kappa shape index (κ2) is 22.1. The van der Waals surface area contributed by atoms with Crippen molar-refractivity contribution in [3.05, 3.63) is 157 Å². The zero-order valence-electron chi connectivity index (χ0n) is 38.0. The fourth-order valence-electron chi connectivity index (χ4n) is 7.14. The molecule has 1 aliphatic heterocycles. The Kier molecular flexibility index (Phi) is 17.9. The van der Waals surface area contributed by atoms with Crippen molar-refractivity contribution in [2.75, 3.05) is 10.2 Å². The van der Waals surface area contributed by atoms with Crippen molar-refractivity contribution in [3.63, 3.8) is 0 Å². The van der Waals surface area contributed by atoms with Crippen LogP contribution in [0.5, 0.6) is 0 Å². The minimum Gasteiger partial charge on any atom is -0.744 e. The molecule has 1 heterocycles. The van der Waals surface area contributed by atoms with Gasteiger partial charge in [-0.1, -0.05) is 109 Å². The first-order chi connectivity index (χ1) is 32.2. The quantitative estimate of drug-likeness (QED) is 0.0868. The van der Waals surface area contributed by atoms with E-state index in [-0.39, 0.29) is 33.0 Å². The third-order valence-corrected chi connectivity index (χ3v) is 12.5. The van der Waals surface area contributed by atoms with Gasteiger partial charge in [-0.25, -0.2) is 17.2 Å². The molecule has 0 bridgehead atoms. The molecule has 0 saturated carbocycles.